The standard InChI is InChI=1S/C18H19Cl2N3O2/c1-11-7-15(19)23-17(20)16(11)21-13-8-14(9-13)22-18(24)25-10-12-5-3-2-4-6-12/h2-7,13-14,21H,8-10H2,1H3,(H,22,24). The number of ether oxygens (including phenoxy) is 1. The normalized spacial score (nSPS) is 19.0. The number of alkyl carbamates (subject to hydrolysis) is 1. The summed E-state index contributed by atoms with van der Waals surface area (Å²) in [5.41, 5.74) is 2.70. The van der Waals surface area contributed by atoms with Crippen molar-refractivity contribution < 1.29 is 9.53 Å². The minimum atomic E-state index is -0.394. The molecular weight excluding hydrogens is 361 g/mol. The number of benzene rings is 1. The molecule has 1 fully saturated rings. The van der Waals surface area contributed by atoms with Gasteiger partial charge in [0, 0.05) is 12.1 Å². The highest BCUT2D eigenvalue weighted by Crippen LogP contribution is 2.31. The summed E-state index contributed by atoms with van der Waals surface area (Å²) in [7, 11) is 0. The molecule has 0 aliphatic heterocycles. The second-order valence-electron chi connectivity index (χ2n) is 6.14. The molecule has 1 aromatic carbocycles. The van der Waals surface area contributed by atoms with E-state index in [-0.39, 0.29) is 18.7 Å². The lowest BCUT2D eigenvalue weighted by atomic mass is 9.86. The summed E-state index contributed by atoms with van der Waals surface area (Å²) in [4.78, 5) is 15.9. The molecular formula is C18H19Cl2N3O2. The molecule has 1 heterocycles. The highest BCUT2D eigenvalue weighted by molar-refractivity contribution is 6.34. The lowest BCUT2D eigenvalue weighted by Crippen LogP contribution is -2.49. The van der Waals surface area contributed by atoms with E-state index in [1.807, 2.05) is 37.3 Å². The number of hydrogen-bond acceptors (Lipinski definition) is 4. The van der Waals surface area contributed by atoms with Crippen LogP contribution in [0.5, 0.6) is 0 Å². The van der Waals surface area contributed by atoms with Gasteiger partial charge in [0.05, 0.1) is 5.69 Å². The summed E-state index contributed by atoms with van der Waals surface area (Å²) in [5, 5.41) is 6.97. The zero-order valence-electron chi connectivity index (χ0n) is 13.8. The molecule has 0 spiro atoms. The van der Waals surface area contributed by atoms with E-state index in [4.69, 9.17) is 27.9 Å². The Balaban J connectivity index is 1.42. The molecule has 3 rings (SSSR count). The molecule has 0 unspecified atom stereocenters. The summed E-state index contributed by atoms with van der Waals surface area (Å²) in [6.07, 6.45) is 1.21. The van der Waals surface area contributed by atoms with Crippen LogP contribution < -0.4 is 10.6 Å². The van der Waals surface area contributed by atoms with E-state index in [1.165, 1.54) is 0 Å². The molecule has 132 valence electrons. The largest absolute Gasteiger partial charge is 0.445 e. The van der Waals surface area contributed by atoms with Crippen LogP contribution >= 0.6 is 23.2 Å². The van der Waals surface area contributed by atoms with Crippen LogP contribution in [0.2, 0.25) is 10.3 Å². The van der Waals surface area contributed by atoms with Gasteiger partial charge in [-0.3, -0.25) is 0 Å². The van der Waals surface area contributed by atoms with Gasteiger partial charge >= 0.3 is 6.09 Å². The molecule has 5 nitrogen and oxygen atoms in total. The number of pyridine rings is 1. The van der Waals surface area contributed by atoms with Crippen molar-refractivity contribution in [1.29, 1.82) is 0 Å². The zero-order chi connectivity index (χ0) is 17.8. The third kappa shape index (κ3) is 4.77. The third-order valence-electron chi connectivity index (χ3n) is 4.16. The van der Waals surface area contributed by atoms with E-state index < -0.39 is 6.09 Å². The van der Waals surface area contributed by atoms with Gasteiger partial charge in [0.25, 0.3) is 0 Å². The van der Waals surface area contributed by atoms with Crippen molar-refractivity contribution in [2.24, 2.45) is 0 Å². The number of hydrogen-bond donors (Lipinski definition) is 2. The quantitative estimate of drug-likeness (QED) is 0.747. The fourth-order valence-electron chi connectivity index (χ4n) is 2.76. The minimum absolute atomic E-state index is 0.0973. The van der Waals surface area contributed by atoms with E-state index >= 15 is 0 Å². The lowest BCUT2D eigenvalue weighted by Gasteiger charge is -2.37. The number of rotatable bonds is 5. The minimum Gasteiger partial charge on any atom is -0.445 e. The first-order valence-corrected chi connectivity index (χ1v) is 8.83. The summed E-state index contributed by atoms with van der Waals surface area (Å²) in [6.45, 7) is 2.20. The Labute approximate surface area is 156 Å². The van der Waals surface area contributed by atoms with Crippen LogP contribution in [0, 0.1) is 6.92 Å². The van der Waals surface area contributed by atoms with Gasteiger partial charge in [-0.1, -0.05) is 53.5 Å². The number of halogens is 2. The zero-order valence-corrected chi connectivity index (χ0v) is 15.3. The summed E-state index contributed by atoms with van der Waals surface area (Å²) in [5.74, 6) is 0. The Morgan fingerprint density at radius 2 is 1.96 bits per heavy atom. The van der Waals surface area contributed by atoms with Crippen LogP contribution in [0.15, 0.2) is 36.4 Å². The summed E-state index contributed by atoms with van der Waals surface area (Å²) in [6, 6.07) is 11.7. The van der Waals surface area contributed by atoms with Gasteiger partial charge in [0.15, 0.2) is 5.15 Å². The van der Waals surface area contributed by atoms with Gasteiger partial charge in [-0.05, 0) is 37.0 Å². The van der Waals surface area contributed by atoms with Crippen molar-refractivity contribution in [2.75, 3.05) is 5.32 Å². The van der Waals surface area contributed by atoms with Gasteiger partial charge in [-0.25, -0.2) is 9.78 Å². The number of aromatic nitrogens is 1. The first-order chi connectivity index (χ1) is 12.0. The second-order valence-corrected chi connectivity index (χ2v) is 6.89. The lowest BCUT2D eigenvalue weighted by molar-refractivity contribution is 0.129. The number of carbonyl (C=O) groups excluding carboxylic acids is 1. The number of nitrogens with one attached hydrogen (secondary N) is 2. The van der Waals surface area contributed by atoms with Crippen molar-refractivity contribution in [3.63, 3.8) is 0 Å². The van der Waals surface area contributed by atoms with Crippen molar-refractivity contribution in [2.45, 2.75) is 38.5 Å². The number of carbonyl (C=O) groups is 1. The molecule has 25 heavy (non-hydrogen) atoms. The smallest absolute Gasteiger partial charge is 0.407 e. The summed E-state index contributed by atoms with van der Waals surface area (Å²) < 4.78 is 5.22. The molecule has 2 aromatic rings. The third-order valence-corrected chi connectivity index (χ3v) is 4.63. The van der Waals surface area contributed by atoms with Crippen molar-refractivity contribution in [3.05, 3.63) is 57.8 Å². The van der Waals surface area contributed by atoms with Crippen LogP contribution in [0.3, 0.4) is 0 Å². The number of nitrogens with zero attached hydrogens (tertiary/aromatic N) is 1. The highest BCUT2D eigenvalue weighted by Gasteiger charge is 2.31. The van der Waals surface area contributed by atoms with E-state index in [0.717, 1.165) is 29.7 Å². The van der Waals surface area contributed by atoms with Gasteiger partial charge in [-0.15, -0.1) is 0 Å². The van der Waals surface area contributed by atoms with Crippen molar-refractivity contribution >= 4 is 35.0 Å². The Bertz CT molecular complexity index is 726. The Kier molecular flexibility index (Phi) is 5.66. The molecule has 1 aliphatic carbocycles. The average molecular weight is 380 g/mol. The maximum atomic E-state index is 11.8. The van der Waals surface area contributed by atoms with Gasteiger partial charge in [-0.2, -0.15) is 0 Å². The Hall–Kier alpha value is -1.98. The first-order valence-electron chi connectivity index (χ1n) is 8.07. The van der Waals surface area contributed by atoms with Crippen molar-refractivity contribution in [3.8, 4) is 0 Å². The predicted molar refractivity (Wildman–Crippen MR) is 99.2 cm³/mol. The second kappa shape index (κ2) is 7.93. The highest BCUT2D eigenvalue weighted by atomic mass is 35.5. The molecule has 0 radical (unpaired) electrons. The van der Waals surface area contributed by atoms with Crippen LogP contribution in [0.1, 0.15) is 24.0 Å². The molecule has 0 saturated heterocycles. The molecule has 1 aliphatic rings. The maximum absolute atomic E-state index is 11.8. The number of amides is 1. The number of aryl methyl sites for hydroxylation is 1. The van der Waals surface area contributed by atoms with Crippen LogP contribution in [0.4, 0.5) is 10.5 Å². The van der Waals surface area contributed by atoms with E-state index in [1.54, 1.807) is 6.07 Å². The Morgan fingerprint density at radius 1 is 1.24 bits per heavy atom. The maximum Gasteiger partial charge on any atom is 0.407 e. The topological polar surface area (TPSA) is 63.2 Å². The predicted octanol–water partition coefficient (Wildman–Crippen LogP) is 4.57. The Morgan fingerprint density at radius 3 is 2.64 bits per heavy atom. The van der Waals surface area contributed by atoms with Crippen molar-refractivity contribution in [1.82, 2.24) is 10.3 Å². The van der Waals surface area contributed by atoms with E-state index in [2.05, 4.69) is 15.6 Å². The van der Waals surface area contributed by atoms with Gasteiger partial charge in [0.2, 0.25) is 0 Å². The van der Waals surface area contributed by atoms with E-state index in [0.29, 0.717) is 10.3 Å². The summed E-state index contributed by atoms with van der Waals surface area (Å²) >= 11 is 12.0. The molecule has 1 amide bonds. The molecule has 0 bridgehead atoms. The molecule has 7 heteroatoms. The van der Waals surface area contributed by atoms with Crippen LogP contribution in [-0.2, 0) is 11.3 Å². The molecule has 1 saturated carbocycles. The van der Waals surface area contributed by atoms with Gasteiger partial charge < -0.3 is 15.4 Å². The van der Waals surface area contributed by atoms with E-state index in [9.17, 15) is 4.79 Å². The molecule has 1 aromatic heterocycles. The molecule has 2 N–H and O–H groups in total. The fraction of sp³-hybridized carbons (Fsp3) is 0.333. The van der Waals surface area contributed by atoms with Gasteiger partial charge in [0.1, 0.15) is 11.8 Å². The van der Waals surface area contributed by atoms with Crippen LogP contribution in [-0.4, -0.2) is 23.2 Å². The van der Waals surface area contributed by atoms with Crippen LogP contribution in [0.25, 0.3) is 0 Å². The SMILES string of the molecule is Cc1cc(Cl)nc(Cl)c1NC1CC(NC(=O)OCc2ccccc2)C1. The monoisotopic (exact) mass is 379 g/mol. The molecule has 0 atom stereocenters. The average Bonchev–Trinajstić information content (AvgIpc) is 2.54. The first kappa shape index (κ1) is 17.8. The number of anilines is 1. The fourth-order valence-corrected chi connectivity index (χ4v) is 3.34.